The first-order valence-corrected chi connectivity index (χ1v) is 10.6. The molecule has 0 bridgehead atoms. The molecule has 28 heavy (non-hydrogen) atoms. The van der Waals surface area contributed by atoms with Gasteiger partial charge in [-0.15, -0.1) is 0 Å². The van der Waals surface area contributed by atoms with Gasteiger partial charge in [-0.2, -0.15) is 0 Å². The number of hydrogen-bond acceptors (Lipinski definition) is 5. The molecule has 1 spiro atoms. The smallest absolute Gasteiger partial charge is 0.257 e. The summed E-state index contributed by atoms with van der Waals surface area (Å²) in [6, 6.07) is 8.12. The van der Waals surface area contributed by atoms with Crippen LogP contribution >= 0.6 is 0 Å². The number of amides is 1. The Morgan fingerprint density at radius 1 is 1.11 bits per heavy atom. The van der Waals surface area contributed by atoms with Gasteiger partial charge in [0, 0.05) is 51.9 Å². The molecule has 3 aliphatic heterocycles. The fourth-order valence-electron chi connectivity index (χ4n) is 4.96. The number of carbonyl (C=O) groups is 1. The fourth-order valence-corrected chi connectivity index (χ4v) is 4.96. The third kappa shape index (κ3) is 4.04. The average Bonchev–Trinajstić information content (AvgIpc) is 2.74. The monoisotopic (exact) mass is 387 g/mol. The van der Waals surface area contributed by atoms with E-state index in [1.807, 2.05) is 29.2 Å². The van der Waals surface area contributed by atoms with Crippen molar-refractivity contribution in [1.29, 1.82) is 0 Å². The number of likely N-dealkylation sites (N-methyl/N-ethyl adjacent to an activating group) is 1. The van der Waals surface area contributed by atoms with Crippen LogP contribution < -0.4 is 4.74 Å². The lowest BCUT2D eigenvalue weighted by Gasteiger charge is -2.49. The van der Waals surface area contributed by atoms with Crippen LogP contribution in [0.3, 0.4) is 0 Å². The predicted molar refractivity (Wildman–Crippen MR) is 109 cm³/mol. The van der Waals surface area contributed by atoms with Gasteiger partial charge in [0.2, 0.25) is 0 Å². The van der Waals surface area contributed by atoms with E-state index in [0.717, 1.165) is 71.6 Å². The molecule has 1 aromatic rings. The average molecular weight is 388 g/mol. The van der Waals surface area contributed by atoms with Gasteiger partial charge in [0.15, 0.2) is 0 Å². The Morgan fingerprint density at radius 3 is 2.54 bits per heavy atom. The molecule has 3 fully saturated rings. The zero-order valence-electron chi connectivity index (χ0n) is 17.2. The van der Waals surface area contributed by atoms with Crippen LogP contribution in [0.5, 0.6) is 5.75 Å². The maximum absolute atomic E-state index is 13.0. The van der Waals surface area contributed by atoms with Gasteiger partial charge in [-0.25, -0.2) is 0 Å². The van der Waals surface area contributed by atoms with Crippen molar-refractivity contribution in [3.8, 4) is 5.75 Å². The van der Waals surface area contributed by atoms with Crippen molar-refractivity contribution in [2.45, 2.75) is 37.3 Å². The molecule has 0 aromatic heterocycles. The minimum Gasteiger partial charge on any atom is -0.496 e. The summed E-state index contributed by atoms with van der Waals surface area (Å²) < 4.78 is 11.7. The normalized spacial score (nSPS) is 26.4. The van der Waals surface area contributed by atoms with E-state index in [-0.39, 0.29) is 11.5 Å². The van der Waals surface area contributed by atoms with Gasteiger partial charge in [0.1, 0.15) is 5.75 Å². The molecule has 1 atom stereocenters. The van der Waals surface area contributed by atoms with Gasteiger partial charge >= 0.3 is 0 Å². The number of nitrogens with zero attached hydrogens (tertiary/aromatic N) is 3. The number of hydrogen-bond donors (Lipinski definition) is 0. The summed E-state index contributed by atoms with van der Waals surface area (Å²) in [5.74, 6) is 0.718. The molecule has 0 aliphatic carbocycles. The molecular weight excluding hydrogens is 354 g/mol. The second kappa shape index (κ2) is 8.39. The largest absolute Gasteiger partial charge is 0.496 e. The van der Waals surface area contributed by atoms with Crippen LogP contribution in [-0.4, -0.2) is 92.3 Å². The van der Waals surface area contributed by atoms with E-state index in [1.165, 1.54) is 0 Å². The van der Waals surface area contributed by atoms with Crippen molar-refractivity contribution >= 4 is 5.91 Å². The van der Waals surface area contributed by atoms with E-state index in [9.17, 15) is 4.79 Å². The van der Waals surface area contributed by atoms with Gasteiger partial charge in [-0.3, -0.25) is 9.69 Å². The maximum atomic E-state index is 13.0. The summed E-state index contributed by atoms with van der Waals surface area (Å²) in [6.07, 6.45) is 4.10. The lowest BCUT2D eigenvalue weighted by Crippen LogP contribution is -2.57. The Kier molecular flexibility index (Phi) is 5.90. The molecule has 1 unspecified atom stereocenters. The van der Waals surface area contributed by atoms with Gasteiger partial charge in [-0.1, -0.05) is 12.1 Å². The van der Waals surface area contributed by atoms with E-state index in [2.05, 4.69) is 16.8 Å². The Hall–Kier alpha value is -1.63. The molecule has 3 heterocycles. The van der Waals surface area contributed by atoms with Crippen LogP contribution in [0.2, 0.25) is 0 Å². The zero-order valence-corrected chi connectivity index (χ0v) is 17.2. The molecule has 154 valence electrons. The quantitative estimate of drug-likeness (QED) is 0.795. The Balaban J connectivity index is 1.37. The molecule has 0 N–H and O–H groups in total. The SMILES string of the molecule is COc1ccccc1C(=O)N1CCC2(CC1)CC(N1CCN(C)CC1)CCO2. The molecule has 3 aliphatic rings. The second-order valence-electron chi connectivity index (χ2n) is 8.51. The third-order valence-corrected chi connectivity index (χ3v) is 6.82. The van der Waals surface area contributed by atoms with Crippen molar-refractivity contribution < 1.29 is 14.3 Å². The molecule has 6 heteroatoms. The van der Waals surface area contributed by atoms with E-state index >= 15 is 0 Å². The topological polar surface area (TPSA) is 45.2 Å². The van der Waals surface area contributed by atoms with Gasteiger partial charge in [-0.05, 0) is 44.9 Å². The van der Waals surface area contributed by atoms with Gasteiger partial charge in [0.05, 0.1) is 18.3 Å². The molecule has 4 rings (SSSR count). The first kappa shape index (κ1) is 19.7. The molecule has 1 aromatic carbocycles. The van der Waals surface area contributed by atoms with Crippen molar-refractivity contribution in [3.05, 3.63) is 29.8 Å². The van der Waals surface area contributed by atoms with Gasteiger partial charge < -0.3 is 19.3 Å². The lowest BCUT2D eigenvalue weighted by atomic mass is 9.81. The van der Waals surface area contributed by atoms with Crippen LogP contribution in [0, 0.1) is 0 Å². The summed E-state index contributed by atoms with van der Waals surface area (Å²) in [5.41, 5.74) is 0.602. The molecule has 1 amide bonds. The first-order valence-electron chi connectivity index (χ1n) is 10.6. The molecule has 6 nitrogen and oxygen atoms in total. The first-order chi connectivity index (χ1) is 13.6. The van der Waals surface area contributed by atoms with E-state index in [1.54, 1.807) is 7.11 Å². The summed E-state index contributed by atoms with van der Waals surface area (Å²) in [6.45, 7) is 7.00. The molecule has 0 radical (unpaired) electrons. The number of para-hydroxylation sites is 1. The summed E-state index contributed by atoms with van der Waals surface area (Å²) >= 11 is 0. The number of benzene rings is 1. The van der Waals surface area contributed by atoms with Crippen LogP contribution in [0.1, 0.15) is 36.0 Å². The van der Waals surface area contributed by atoms with Crippen LogP contribution in [0.15, 0.2) is 24.3 Å². The summed E-state index contributed by atoms with van der Waals surface area (Å²) in [7, 11) is 3.82. The third-order valence-electron chi connectivity index (χ3n) is 6.82. The van der Waals surface area contributed by atoms with E-state index in [4.69, 9.17) is 9.47 Å². The Bertz CT molecular complexity index is 679. The van der Waals surface area contributed by atoms with Gasteiger partial charge in [0.25, 0.3) is 5.91 Å². The Labute approximate surface area is 168 Å². The number of piperidine rings is 1. The highest BCUT2D eigenvalue weighted by molar-refractivity contribution is 5.97. The number of ether oxygens (including phenoxy) is 2. The van der Waals surface area contributed by atoms with E-state index < -0.39 is 0 Å². The number of piperazine rings is 1. The number of carbonyl (C=O) groups excluding carboxylic acids is 1. The fraction of sp³-hybridized carbons (Fsp3) is 0.682. The highest BCUT2D eigenvalue weighted by Crippen LogP contribution is 2.37. The zero-order chi connectivity index (χ0) is 19.6. The minimum absolute atomic E-state index is 0.0518. The number of rotatable bonds is 3. The van der Waals surface area contributed by atoms with Crippen LogP contribution in [0.4, 0.5) is 0 Å². The lowest BCUT2D eigenvalue weighted by molar-refractivity contribution is -0.132. The van der Waals surface area contributed by atoms with Crippen LogP contribution in [0.25, 0.3) is 0 Å². The van der Waals surface area contributed by atoms with Crippen molar-refractivity contribution in [2.75, 3.05) is 60.0 Å². The van der Waals surface area contributed by atoms with Crippen LogP contribution in [-0.2, 0) is 4.74 Å². The minimum atomic E-state index is -0.0518. The predicted octanol–water partition coefficient (Wildman–Crippen LogP) is 2.10. The highest BCUT2D eigenvalue weighted by Gasteiger charge is 2.43. The van der Waals surface area contributed by atoms with Crippen molar-refractivity contribution in [1.82, 2.24) is 14.7 Å². The summed E-state index contributed by atoms with van der Waals surface area (Å²) in [4.78, 5) is 20.0. The number of methoxy groups -OCH3 is 1. The molecular formula is C22H33N3O3. The summed E-state index contributed by atoms with van der Waals surface area (Å²) in [5, 5.41) is 0. The molecule has 0 saturated carbocycles. The number of likely N-dealkylation sites (tertiary alicyclic amines) is 1. The Morgan fingerprint density at radius 2 is 1.82 bits per heavy atom. The highest BCUT2D eigenvalue weighted by atomic mass is 16.5. The van der Waals surface area contributed by atoms with E-state index in [0.29, 0.717) is 17.4 Å². The second-order valence-corrected chi connectivity index (χ2v) is 8.51. The van der Waals surface area contributed by atoms with Crippen molar-refractivity contribution in [3.63, 3.8) is 0 Å². The maximum Gasteiger partial charge on any atom is 0.257 e. The molecule has 3 saturated heterocycles. The van der Waals surface area contributed by atoms with Crippen molar-refractivity contribution in [2.24, 2.45) is 0 Å². The standard InChI is InChI=1S/C22H33N3O3/c1-23-12-14-24(15-13-23)18-7-16-28-22(17-18)8-10-25(11-9-22)21(26)19-5-3-4-6-20(19)27-2/h3-6,18H,7-17H2,1-2H3.